The Balaban J connectivity index is 1.40. The lowest BCUT2D eigenvalue weighted by molar-refractivity contribution is 0.0207. The van der Waals surface area contributed by atoms with Gasteiger partial charge in [-0.05, 0) is 30.3 Å². The van der Waals surface area contributed by atoms with Crippen LogP contribution in [0.25, 0.3) is 22.5 Å². The maximum atomic E-state index is 13.4. The van der Waals surface area contributed by atoms with E-state index in [-0.39, 0.29) is 11.5 Å². The van der Waals surface area contributed by atoms with Crippen LogP contribution in [0.5, 0.6) is 5.75 Å². The number of hydrogen-bond acceptors (Lipinski definition) is 7. The predicted octanol–water partition coefficient (Wildman–Crippen LogP) is 2.13. The Morgan fingerprint density at radius 2 is 1.85 bits per heavy atom. The highest BCUT2D eigenvalue weighted by atomic mass is 31.2. The quantitative estimate of drug-likeness (QED) is 0.266. The first-order valence-corrected chi connectivity index (χ1v) is 11.9. The number of fused-ring (bicyclic) bond motifs is 3. The second-order valence-electron chi connectivity index (χ2n) is 7.65. The second-order valence-corrected chi connectivity index (χ2v) is 8.81. The smallest absolute Gasteiger partial charge is 0.404 e. The molecular weight excluding hydrogens is 465 g/mol. The zero-order valence-electron chi connectivity index (χ0n) is 17.6. The van der Waals surface area contributed by atoms with Crippen LogP contribution in [0.4, 0.5) is 10.5 Å². The number of aromatic nitrogens is 2. The SMILES string of the molecule is O=C(Nc1cccc2c1C(=O)c1c-2n[nH]c1-c1ccc(OP(=O)(O)O)cc1)NN1CCOCC1. The lowest BCUT2D eigenvalue weighted by Gasteiger charge is -2.27. The van der Waals surface area contributed by atoms with Gasteiger partial charge >= 0.3 is 13.9 Å². The van der Waals surface area contributed by atoms with Gasteiger partial charge in [0.1, 0.15) is 11.4 Å². The number of amides is 2. The fourth-order valence-corrected chi connectivity index (χ4v) is 4.38. The Bertz CT molecular complexity index is 1310. The lowest BCUT2D eigenvalue weighted by atomic mass is 10.0. The standard InChI is InChI=1S/C21H20N5O7P/c27-20-16-14(2-1-3-15(16)22-21(28)25-26-8-10-32-11-9-26)19-17(20)18(23-24-19)12-4-6-13(7-5-12)33-34(29,30)31/h1-7H,8-11H2,(H,23,24)(H2,22,25,28)(H2,29,30,31). The highest BCUT2D eigenvalue weighted by molar-refractivity contribution is 7.46. The average molecular weight is 485 g/mol. The molecule has 5 N–H and O–H groups in total. The van der Waals surface area contributed by atoms with Crippen molar-refractivity contribution < 1.29 is 33.2 Å². The van der Waals surface area contributed by atoms with Crippen LogP contribution in [0, 0.1) is 0 Å². The van der Waals surface area contributed by atoms with Crippen LogP contribution >= 0.6 is 7.82 Å². The number of phosphoric acid groups is 1. The van der Waals surface area contributed by atoms with Crippen LogP contribution < -0.4 is 15.3 Å². The highest BCUT2D eigenvalue weighted by Gasteiger charge is 2.35. The van der Waals surface area contributed by atoms with E-state index in [1.807, 2.05) is 0 Å². The molecule has 2 heterocycles. The van der Waals surface area contributed by atoms with Gasteiger partial charge in [-0.25, -0.2) is 14.4 Å². The molecule has 176 valence electrons. The fourth-order valence-electron chi connectivity index (χ4n) is 3.98. The average Bonchev–Trinajstić information content (AvgIpc) is 3.34. The Morgan fingerprint density at radius 1 is 1.12 bits per heavy atom. The van der Waals surface area contributed by atoms with Gasteiger partial charge in [-0.2, -0.15) is 5.10 Å². The number of rotatable bonds is 5. The summed E-state index contributed by atoms with van der Waals surface area (Å²) in [4.78, 5) is 43.8. The van der Waals surface area contributed by atoms with Gasteiger partial charge in [-0.1, -0.05) is 12.1 Å². The number of nitrogens with one attached hydrogen (secondary N) is 3. The number of aromatic amines is 1. The van der Waals surface area contributed by atoms with E-state index >= 15 is 0 Å². The number of H-pyrrole nitrogens is 1. The van der Waals surface area contributed by atoms with E-state index in [0.29, 0.717) is 65.6 Å². The van der Waals surface area contributed by atoms with Crippen LogP contribution in [-0.2, 0) is 9.30 Å². The van der Waals surface area contributed by atoms with Crippen molar-refractivity contribution in [3.05, 3.63) is 53.6 Å². The summed E-state index contributed by atoms with van der Waals surface area (Å²) in [6, 6.07) is 10.6. The number of carbonyl (C=O) groups is 2. The van der Waals surface area contributed by atoms with Crippen molar-refractivity contribution in [3.63, 3.8) is 0 Å². The molecule has 3 aromatic rings. The molecule has 0 atom stereocenters. The third kappa shape index (κ3) is 4.32. The van der Waals surface area contributed by atoms with Crippen molar-refractivity contribution in [3.8, 4) is 28.3 Å². The number of hydrazine groups is 1. The van der Waals surface area contributed by atoms with Crippen molar-refractivity contribution in [2.75, 3.05) is 31.6 Å². The number of carbonyl (C=O) groups excluding carboxylic acids is 2. The molecule has 2 aliphatic rings. The van der Waals surface area contributed by atoms with E-state index in [1.54, 1.807) is 35.3 Å². The summed E-state index contributed by atoms with van der Waals surface area (Å²) >= 11 is 0. The predicted molar refractivity (Wildman–Crippen MR) is 120 cm³/mol. The second kappa shape index (κ2) is 8.67. The van der Waals surface area contributed by atoms with Gasteiger partial charge in [0.15, 0.2) is 5.78 Å². The van der Waals surface area contributed by atoms with E-state index in [2.05, 4.69) is 25.5 Å². The van der Waals surface area contributed by atoms with E-state index < -0.39 is 13.9 Å². The van der Waals surface area contributed by atoms with Gasteiger partial charge in [0, 0.05) is 24.2 Å². The number of anilines is 1. The van der Waals surface area contributed by atoms with Crippen molar-refractivity contribution in [2.45, 2.75) is 0 Å². The van der Waals surface area contributed by atoms with Gasteiger partial charge < -0.3 is 14.6 Å². The molecule has 12 nitrogen and oxygen atoms in total. The largest absolute Gasteiger partial charge is 0.524 e. The number of phosphoric ester groups is 1. The number of benzene rings is 2. The van der Waals surface area contributed by atoms with Crippen molar-refractivity contribution in [2.24, 2.45) is 0 Å². The molecule has 0 unspecified atom stereocenters. The molecule has 1 aliphatic carbocycles. The first-order valence-electron chi connectivity index (χ1n) is 10.3. The molecule has 2 aromatic carbocycles. The monoisotopic (exact) mass is 485 g/mol. The number of ketones is 1. The molecular formula is C21H20N5O7P. The van der Waals surface area contributed by atoms with Gasteiger partial charge in [-0.15, -0.1) is 0 Å². The molecule has 2 amide bonds. The molecule has 5 rings (SSSR count). The number of nitrogens with zero attached hydrogens (tertiary/aromatic N) is 2. The van der Waals surface area contributed by atoms with Gasteiger partial charge in [0.05, 0.1) is 35.7 Å². The first kappa shape index (κ1) is 22.3. The zero-order valence-corrected chi connectivity index (χ0v) is 18.5. The van der Waals surface area contributed by atoms with Gasteiger partial charge in [-0.3, -0.25) is 25.1 Å². The first-order chi connectivity index (χ1) is 16.3. The van der Waals surface area contributed by atoms with Crippen LogP contribution in [0.3, 0.4) is 0 Å². The molecule has 34 heavy (non-hydrogen) atoms. The molecule has 0 spiro atoms. The molecule has 13 heteroatoms. The van der Waals surface area contributed by atoms with E-state index in [9.17, 15) is 14.2 Å². The van der Waals surface area contributed by atoms with Crippen molar-refractivity contribution in [1.29, 1.82) is 0 Å². The Labute approximate surface area is 193 Å². The fraction of sp³-hybridized carbons (Fsp3) is 0.190. The summed E-state index contributed by atoms with van der Waals surface area (Å²) in [5, 5.41) is 11.7. The maximum absolute atomic E-state index is 13.4. The molecule has 1 aromatic heterocycles. The third-order valence-electron chi connectivity index (χ3n) is 5.43. The van der Waals surface area contributed by atoms with E-state index in [0.717, 1.165) is 0 Å². The Kier molecular flexibility index (Phi) is 5.68. The minimum Gasteiger partial charge on any atom is -0.404 e. The molecule has 0 radical (unpaired) electrons. The Morgan fingerprint density at radius 3 is 2.56 bits per heavy atom. The molecule has 0 bridgehead atoms. The summed E-state index contributed by atoms with van der Waals surface area (Å²) in [6.07, 6.45) is 0. The highest BCUT2D eigenvalue weighted by Crippen LogP contribution is 2.43. The number of morpholine rings is 1. The van der Waals surface area contributed by atoms with Crippen LogP contribution in [0.15, 0.2) is 42.5 Å². The molecule has 0 saturated carbocycles. The number of ether oxygens (including phenoxy) is 1. The van der Waals surface area contributed by atoms with E-state index in [1.165, 1.54) is 12.1 Å². The summed E-state index contributed by atoms with van der Waals surface area (Å²) in [6.45, 7) is 2.18. The number of hydrogen-bond donors (Lipinski definition) is 5. The topological polar surface area (TPSA) is 166 Å². The molecule has 1 aliphatic heterocycles. The minimum absolute atomic E-state index is 0.0133. The number of urea groups is 1. The maximum Gasteiger partial charge on any atom is 0.524 e. The van der Waals surface area contributed by atoms with Crippen LogP contribution in [0.1, 0.15) is 15.9 Å². The lowest BCUT2D eigenvalue weighted by Crippen LogP contribution is -2.49. The summed E-state index contributed by atoms with van der Waals surface area (Å²) in [5.74, 6) is -0.313. The molecule has 1 fully saturated rings. The van der Waals surface area contributed by atoms with Crippen molar-refractivity contribution >= 4 is 25.3 Å². The normalized spacial score (nSPS) is 15.5. The van der Waals surface area contributed by atoms with Crippen LogP contribution in [0.2, 0.25) is 0 Å². The minimum atomic E-state index is -4.68. The zero-order chi connectivity index (χ0) is 23.9. The van der Waals surface area contributed by atoms with Crippen LogP contribution in [-0.4, -0.2) is 63.1 Å². The van der Waals surface area contributed by atoms with E-state index in [4.69, 9.17) is 14.5 Å². The van der Waals surface area contributed by atoms with Crippen molar-refractivity contribution in [1.82, 2.24) is 20.6 Å². The van der Waals surface area contributed by atoms with Gasteiger partial charge in [0.2, 0.25) is 0 Å². The molecule has 1 saturated heterocycles. The summed E-state index contributed by atoms with van der Waals surface area (Å²) in [7, 11) is -4.68. The summed E-state index contributed by atoms with van der Waals surface area (Å²) < 4.78 is 20.9. The Hall–Kier alpha value is -3.54. The summed E-state index contributed by atoms with van der Waals surface area (Å²) in [5.41, 5.74) is 5.88. The van der Waals surface area contributed by atoms with Gasteiger partial charge in [0.25, 0.3) is 0 Å². The third-order valence-corrected chi connectivity index (χ3v) is 5.87.